The van der Waals surface area contributed by atoms with Crippen LogP contribution in [0.1, 0.15) is 16.1 Å². The smallest absolute Gasteiger partial charge is 0.335 e. The second kappa shape index (κ2) is 7.81. The minimum absolute atomic E-state index is 0.282. The Morgan fingerprint density at radius 1 is 1.19 bits per heavy atom. The number of aromatic carboxylic acids is 1. The van der Waals surface area contributed by atoms with E-state index in [1.165, 1.54) is 0 Å². The van der Waals surface area contributed by atoms with E-state index in [-0.39, 0.29) is 5.56 Å². The number of rotatable bonds is 5. The van der Waals surface area contributed by atoms with Crippen LogP contribution in [0.5, 0.6) is 0 Å². The van der Waals surface area contributed by atoms with Crippen LogP contribution in [0.15, 0.2) is 48.2 Å². The highest BCUT2D eigenvalue weighted by molar-refractivity contribution is 7.13. The molecule has 27 heavy (non-hydrogen) atoms. The molecule has 1 saturated heterocycles. The van der Waals surface area contributed by atoms with Gasteiger partial charge in [0.2, 0.25) is 0 Å². The van der Waals surface area contributed by atoms with Crippen molar-refractivity contribution in [1.29, 1.82) is 0 Å². The Morgan fingerprint density at radius 2 is 2.04 bits per heavy atom. The van der Waals surface area contributed by atoms with Gasteiger partial charge in [0.15, 0.2) is 0 Å². The maximum atomic E-state index is 11.1. The zero-order chi connectivity index (χ0) is 18.6. The van der Waals surface area contributed by atoms with Crippen LogP contribution >= 0.6 is 11.3 Å². The lowest BCUT2D eigenvalue weighted by atomic mass is 10.1. The minimum atomic E-state index is -0.922. The predicted molar refractivity (Wildman–Crippen MR) is 104 cm³/mol. The van der Waals surface area contributed by atoms with Crippen molar-refractivity contribution in [2.45, 2.75) is 6.54 Å². The first-order valence-electron chi connectivity index (χ1n) is 8.70. The second-order valence-corrected chi connectivity index (χ2v) is 7.21. The van der Waals surface area contributed by atoms with Gasteiger partial charge in [0.25, 0.3) is 0 Å². The summed E-state index contributed by atoms with van der Waals surface area (Å²) in [6, 6.07) is 6.92. The molecule has 3 aromatic rings. The monoisotopic (exact) mass is 381 g/mol. The number of hydrogen-bond donors (Lipinski definition) is 1. The van der Waals surface area contributed by atoms with Crippen LogP contribution in [-0.2, 0) is 6.54 Å². The fourth-order valence-corrected chi connectivity index (χ4v) is 3.92. The first-order valence-corrected chi connectivity index (χ1v) is 9.58. The van der Waals surface area contributed by atoms with Gasteiger partial charge in [-0.3, -0.25) is 9.88 Å². The Bertz CT molecular complexity index is 923. The molecule has 0 aliphatic carbocycles. The lowest BCUT2D eigenvalue weighted by molar-refractivity contribution is 0.0697. The minimum Gasteiger partial charge on any atom is -0.478 e. The molecule has 8 heteroatoms. The lowest BCUT2D eigenvalue weighted by Gasteiger charge is -2.34. The number of anilines is 1. The largest absolute Gasteiger partial charge is 0.478 e. The quantitative estimate of drug-likeness (QED) is 0.727. The number of carboxylic acids is 1. The van der Waals surface area contributed by atoms with Gasteiger partial charge >= 0.3 is 5.97 Å². The van der Waals surface area contributed by atoms with E-state index in [0.717, 1.165) is 54.8 Å². The summed E-state index contributed by atoms with van der Waals surface area (Å²) in [5.41, 5.74) is 2.15. The number of benzene rings is 1. The molecular formula is C19H19N5O2S. The first kappa shape index (κ1) is 17.6. The Balaban J connectivity index is 1.38. The van der Waals surface area contributed by atoms with Crippen LogP contribution < -0.4 is 4.90 Å². The van der Waals surface area contributed by atoms with E-state index in [4.69, 9.17) is 10.1 Å². The summed E-state index contributed by atoms with van der Waals surface area (Å²) < 4.78 is 0. The zero-order valence-corrected chi connectivity index (χ0v) is 15.5. The van der Waals surface area contributed by atoms with E-state index in [2.05, 4.69) is 25.1 Å². The summed E-state index contributed by atoms with van der Waals surface area (Å²) in [7, 11) is 0. The van der Waals surface area contributed by atoms with Gasteiger partial charge < -0.3 is 10.0 Å². The van der Waals surface area contributed by atoms with Gasteiger partial charge in [0.05, 0.1) is 17.5 Å². The molecule has 138 valence electrons. The Hall–Kier alpha value is -2.84. The molecule has 0 radical (unpaired) electrons. The molecule has 3 heterocycles. The third-order valence-corrected chi connectivity index (χ3v) is 5.48. The van der Waals surface area contributed by atoms with E-state index in [0.29, 0.717) is 0 Å². The maximum Gasteiger partial charge on any atom is 0.335 e. The summed E-state index contributed by atoms with van der Waals surface area (Å²) in [5.74, 6) is 0.000938. The summed E-state index contributed by atoms with van der Waals surface area (Å²) in [6.07, 6.45) is 5.21. The van der Waals surface area contributed by atoms with Gasteiger partial charge in [-0.25, -0.2) is 14.8 Å². The zero-order valence-electron chi connectivity index (χ0n) is 14.7. The molecule has 0 spiro atoms. The Morgan fingerprint density at radius 3 is 2.78 bits per heavy atom. The van der Waals surface area contributed by atoms with Gasteiger partial charge in [-0.2, -0.15) is 0 Å². The van der Waals surface area contributed by atoms with Crippen molar-refractivity contribution >= 4 is 23.1 Å². The lowest BCUT2D eigenvalue weighted by Crippen LogP contribution is -2.46. The molecule has 4 rings (SSSR count). The van der Waals surface area contributed by atoms with E-state index in [1.54, 1.807) is 48.1 Å². The van der Waals surface area contributed by atoms with E-state index in [9.17, 15) is 4.79 Å². The highest BCUT2D eigenvalue weighted by atomic mass is 32.1. The maximum absolute atomic E-state index is 11.1. The molecule has 1 aliphatic heterocycles. The average molecular weight is 381 g/mol. The van der Waals surface area contributed by atoms with Crippen LogP contribution in [0.25, 0.3) is 10.6 Å². The van der Waals surface area contributed by atoms with Crippen molar-refractivity contribution in [3.05, 3.63) is 59.5 Å². The molecule has 7 nitrogen and oxygen atoms in total. The molecule has 1 fully saturated rings. The summed E-state index contributed by atoms with van der Waals surface area (Å²) in [5, 5.41) is 12.1. The van der Waals surface area contributed by atoms with Crippen molar-refractivity contribution in [1.82, 2.24) is 19.9 Å². The molecule has 1 aliphatic rings. The molecular weight excluding hydrogens is 362 g/mol. The molecule has 0 atom stereocenters. The standard InChI is InChI=1S/C19H19N5O2S/c25-19(26)15-3-1-2-14(10-15)18-22-16(13-27-18)12-23-6-8-24(9-7-23)17-11-20-4-5-21-17/h1-5,10-11,13H,6-9,12H2,(H,25,26). The van der Waals surface area contributed by atoms with Gasteiger partial charge in [-0.15, -0.1) is 11.3 Å². The van der Waals surface area contributed by atoms with Crippen molar-refractivity contribution in [2.75, 3.05) is 31.1 Å². The van der Waals surface area contributed by atoms with Crippen LogP contribution in [0, 0.1) is 0 Å². The fraction of sp³-hybridized carbons (Fsp3) is 0.263. The molecule has 0 unspecified atom stereocenters. The van der Waals surface area contributed by atoms with Crippen molar-refractivity contribution in [2.24, 2.45) is 0 Å². The van der Waals surface area contributed by atoms with Gasteiger partial charge in [0, 0.05) is 56.1 Å². The molecule has 0 saturated carbocycles. The Kier molecular flexibility index (Phi) is 5.08. The van der Waals surface area contributed by atoms with Gasteiger partial charge in [-0.05, 0) is 12.1 Å². The highest BCUT2D eigenvalue weighted by Gasteiger charge is 2.19. The van der Waals surface area contributed by atoms with Crippen molar-refractivity contribution in [3.63, 3.8) is 0 Å². The number of thiazole rings is 1. The van der Waals surface area contributed by atoms with Crippen LogP contribution in [0.3, 0.4) is 0 Å². The van der Waals surface area contributed by atoms with Crippen molar-refractivity contribution in [3.8, 4) is 10.6 Å². The summed E-state index contributed by atoms with van der Waals surface area (Å²) in [6.45, 7) is 4.51. The van der Waals surface area contributed by atoms with E-state index >= 15 is 0 Å². The van der Waals surface area contributed by atoms with E-state index < -0.39 is 5.97 Å². The topological polar surface area (TPSA) is 82.5 Å². The number of nitrogens with zero attached hydrogens (tertiary/aromatic N) is 5. The molecule has 0 amide bonds. The summed E-state index contributed by atoms with van der Waals surface area (Å²) >= 11 is 1.55. The first-order chi connectivity index (χ1) is 13.2. The number of carboxylic acid groups (broad SMARTS) is 1. The normalized spacial score (nSPS) is 15.0. The predicted octanol–water partition coefficient (Wildman–Crippen LogP) is 2.62. The molecule has 2 aromatic heterocycles. The third kappa shape index (κ3) is 4.12. The van der Waals surface area contributed by atoms with Gasteiger partial charge in [-0.1, -0.05) is 12.1 Å². The Labute approximate surface area is 161 Å². The fourth-order valence-electron chi connectivity index (χ4n) is 3.12. The molecule has 0 bridgehead atoms. The second-order valence-electron chi connectivity index (χ2n) is 6.36. The van der Waals surface area contributed by atoms with Crippen LogP contribution in [0.4, 0.5) is 5.82 Å². The number of hydrogen-bond acceptors (Lipinski definition) is 7. The summed E-state index contributed by atoms with van der Waals surface area (Å²) in [4.78, 5) is 29.0. The molecule has 1 N–H and O–H groups in total. The SMILES string of the molecule is O=C(O)c1cccc(-c2nc(CN3CCN(c4cnccn4)CC3)cs2)c1. The highest BCUT2D eigenvalue weighted by Crippen LogP contribution is 2.25. The van der Waals surface area contributed by atoms with E-state index in [1.807, 2.05) is 6.07 Å². The number of carbonyl (C=O) groups is 1. The van der Waals surface area contributed by atoms with Crippen LogP contribution in [0.2, 0.25) is 0 Å². The number of piperazine rings is 1. The van der Waals surface area contributed by atoms with Gasteiger partial charge in [0.1, 0.15) is 10.8 Å². The third-order valence-electron chi connectivity index (χ3n) is 4.54. The van der Waals surface area contributed by atoms with Crippen LogP contribution in [-0.4, -0.2) is 57.1 Å². The number of aromatic nitrogens is 3. The molecule has 1 aromatic carbocycles. The van der Waals surface area contributed by atoms with Crippen molar-refractivity contribution < 1.29 is 9.90 Å². The average Bonchev–Trinajstić information content (AvgIpc) is 3.18.